The molecule has 0 aromatic heterocycles. The topological polar surface area (TPSA) is 79.9 Å². The molecule has 0 aliphatic carbocycles. The molecule has 4 aromatic rings. The Morgan fingerprint density at radius 3 is 2.30 bits per heavy atom. The number of halogens is 1. The Bertz CT molecular complexity index is 1640. The number of anilines is 1. The van der Waals surface area contributed by atoms with E-state index in [0.717, 1.165) is 44.0 Å². The fourth-order valence-corrected chi connectivity index (χ4v) is 7.19. The Morgan fingerprint density at radius 2 is 1.59 bits per heavy atom. The summed E-state index contributed by atoms with van der Waals surface area (Å²) in [6.07, 6.45) is 0. The molecule has 224 valence electrons. The highest BCUT2D eigenvalue weighted by Gasteiger charge is 2.64. The number of benzene rings is 4. The van der Waals surface area contributed by atoms with Crippen LogP contribution in [-0.2, 0) is 15.1 Å². The van der Waals surface area contributed by atoms with E-state index in [9.17, 15) is 9.59 Å². The smallest absolute Gasteiger partial charge is 0.250 e. The fourth-order valence-electron chi connectivity index (χ4n) is 7.02. The van der Waals surface area contributed by atoms with E-state index in [4.69, 9.17) is 21.1 Å². The van der Waals surface area contributed by atoms with Crippen molar-refractivity contribution in [2.75, 3.05) is 44.8 Å². The van der Waals surface area contributed by atoms with E-state index in [1.807, 2.05) is 97.1 Å². The van der Waals surface area contributed by atoms with Crippen molar-refractivity contribution in [2.45, 2.75) is 17.5 Å². The van der Waals surface area contributed by atoms with Gasteiger partial charge in [-0.2, -0.15) is 0 Å². The van der Waals surface area contributed by atoms with Crippen molar-refractivity contribution < 1.29 is 19.1 Å². The maximum absolute atomic E-state index is 14.8. The standard InChI is InChI=1S/C36H34ClN3O4/c37-27-13-16-30-29(23-27)36(35(42)38-30)32(31(24-7-3-1-4-8-24)33(39-36)25-9-5-2-6-10-25)34(41)26-11-14-28(15-12-26)44-22-19-40-17-20-43-21-18-40/h1-16,23,31-33,39H,17-22H2,(H,38,42)/t31-,32?,33+,36?/m0/s1. The summed E-state index contributed by atoms with van der Waals surface area (Å²) in [5, 5.41) is 7.26. The zero-order valence-corrected chi connectivity index (χ0v) is 25.0. The van der Waals surface area contributed by atoms with Gasteiger partial charge in [0.05, 0.1) is 19.1 Å². The van der Waals surface area contributed by atoms with Crippen LogP contribution in [0.1, 0.15) is 39.0 Å². The number of carbonyl (C=O) groups excluding carboxylic acids is 2. The number of fused-ring (bicyclic) bond motifs is 2. The van der Waals surface area contributed by atoms with Crippen LogP contribution in [0.2, 0.25) is 5.02 Å². The second-order valence-corrected chi connectivity index (χ2v) is 12.0. The first-order valence-corrected chi connectivity index (χ1v) is 15.5. The SMILES string of the molecule is O=C(c1ccc(OCCN2CCOCC2)cc1)C1[C@H](c2ccccc2)[C@@H](c2ccccc2)NC12C(=O)Nc1ccc(Cl)cc12. The minimum absolute atomic E-state index is 0.118. The zero-order chi connectivity index (χ0) is 30.1. The van der Waals surface area contributed by atoms with Crippen molar-refractivity contribution in [2.24, 2.45) is 5.92 Å². The molecule has 0 bridgehead atoms. The molecule has 2 fully saturated rings. The van der Waals surface area contributed by atoms with E-state index in [-0.39, 0.29) is 23.7 Å². The predicted octanol–water partition coefficient (Wildman–Crippen LogP) is 5.83. The number of hydrogen-bond acceptors (Lipinski definition) is 6. The molecule has 4 atom stereocenters. The summed E-state index contributed by atoms with van der Waals surface area (Å²) >= 11 is 6.52. The third-order valence-corrected chi connectivity index (χ3v) is 9.36. The molecule has 4 aromatic carbocycles. The van der Waals surface area contributed by atoms with Crippen LogP contribution in [-0.4, -0.2) is 56.0 Å². The van der Waals surface area contributed by atoms with Gasteiger partial charge >= 0.3 is 0 Å². The number of hydrogen-bond donors (Lipinski definition) is 2. The molecule has 3 aliphatic rings. The maximum atomic E-state index is 14.8. The lowest BCUT2D eigenvalue weighted by molar-refractivity contribution is -0.122. The number of ether oxygens (including phenoxy) is 2. The molecule has 1 amide bonds. The Kier molecular flexibility index (Phi) is 7.95. The molecule has 2 unspecified atom stereocenters. The summed E-state index contributed by atoms with van der Waals surface area (Å²) in [4.78, 5) is 31.3. The van der Waals surface area contributed by atoms with Gasteiger partial charge in [0.25, 0.3) is 0 Å². The van der Waals surface area contributed by atoms with Crippen molar-refractivity contribution >= 4 is 29.0 Å². The van der Waals surface area contributed by atoms with Crippen LogP contribution in [0.5, 0.6) is 5.75 Å². The third kappa shape index (κ3) is 5.20. The molecule has 0 saturated carbocycles. The molecule has 0 radical (unpaired) electrons. The Balaban J connectivity index is 1.27. The molecular weight excluding hydrogens is 574 g/mol. The third-order valence-electron chi connectivity index (χ3n) is 9.13. The molecule has 1 spiro atoms. The maximum Gasteiger partial charge on any atom is 0.250 e. The van der Waals surface area contributed by atoms with E-state index < -0.39 is 11.5 Å². The van der Waals surface area contributed by atoms with E-state index in [1.165, 1.54) is 0 Å². The van der Waals surface area contributed by atoms with Gasteiger partial charge in [0.2, 0.25) is 5.91 Å². The van der Waals surface area contributed by atoms with Gasteiger partial charge in [-0.05, 0) is 53.6 Å². The van der Waals surface area contributed by atoms with Crippen molar-refractivity contribution in [1.82, 2.24) is 10.2 Å². The summed E-state index contributed by atoms with van der Waals surface area (Å²) in [6.45, 7) is 4.67. The van der Waals surface area contributed by atoms with Crippen molar-refractivity contribution in [1.29, 1.82) is 0 Å². The average Bonchev–Trinajstić information content (AvgIpc) is 3.57. The van der Waals surface area contributed by atoms with Crippen LogP contribution in [0.25, 0.3) is 0 Å². The van der Waals surface area contributed by atoms with Gasteiger partial charge in [-0.25, -0.2) is 0 Å². The monoisotopic (exact) mass is 607 g/mol. The highest BCUT2D eigenvalue weighted by molar-refractivity contribution is 6.31. The Morgan fingerprint density at radius 1 is 0.909 bits per heavy atom. The lowest BCUT2D eigenvalue weighted by atomic mass is 9.69. The Labute approximate surface area is 262 Å². The lowest BCUT2D eigenvalue weighted by Gasteiger charge is -2.31. The van der Waals surface area contributed by atoms with Crippen LogP contribution < -0.4 is 15.4 Å². The highest BCUT2D eigenvalue weighted by Crippen LogP contribution is 2.57. The molecule has 2 N–H and O–H groups in total. The number of nitrogens with zero attached hydrogens (tertiary/aromatic N) is 1. The average molecular weight is 608 g/mol. The van der Waals surface area contributed by atoms with Crippen molar-refractivity contribution in [3.05, 3.63) is 130 Å². The molecule has 7 rings (SSSR count). The Hall–Kier alpha value is -4.01. The number of rotatable bonds is 8. The number of nitrogens with one attached hydrogen (secondary N) is 2. The highest BCUT2D eigenvalue weighted by atomic mass is 35.5. The van der Waals surface area contributed by atoms with Gasteiger partial charge in [0.1, 0.15) is 17.9 Å². The first-order chi connectivity index (χ1) is 21.5. The number of carbonyl (C=O) groups is 2. The number of Topliss-reactive ketones (excluding diaryl/α,β-unsaturated/α-hetero) is 1. The molecule has 2 saturated heterocycles. The van der Waals surface area contributed by atoms with Crippen LogP contribution in [0.3, 0.4) is 0 Å². The van der Waals surface area contributed by atoms with Gasteiger partial charge in [0, 0.05) is 53.4 Å². The van der Waals surface area contributed by atoms with Crippen molar-refractivity contribution in [3.8, 4) is 5.75 Å². The minimum atomic E-state index is -1.33. The molecular formula is C36H34ClN3O4. The van der Waals surface area contributed by atoms with Crippen molar-refractivity contribution in [3.63, 3.8) is 0 Å². The fraction of sp³-hybridized carbons (Fsp3) is 0.278. The normalized spacial score (nSPS) is 24.7. The molecule has 7 nitrogen and oxygen atoms in total. The second kappa shape index (κ2) is 12.2. The van der Waals surface area contributed by atoms with E-state index >= 15 is 0 Å². The molecule has 44 heavy (non-hydrogen) atoms. The van der Waals surface area contributed by atoms with Gasteiger partial charge < -0.3 is 14.8 Å². The van der Waals surface area contributed by atoms with E-state index in [0.29, 0.717) is 34.2 Å². The first-order valence-electron chi connectivity index (χ1n) is 15.1. The molecule has 3 aliphatic heterocycles. The summed E-state index contributed by atoms with van der Waals surface area (Å²) in [6, 6.07) is 32.4. The number of morpholine rings is 1. The van der Waals surface area contributed by atoms with Gasteiger partial charge in [-0.1, -0.05) is 72.3 Å². The largest absolute Gasteiger partial charge is 0.492 e. The number of ketones is 1. The van der Waals surface area contributed by atoms with Crippen LogP contribution in [0, 0.1) is 5.92 Å². The zero-order valence-electron chi connectivity index (χ0n) is 24.2. The van der Waals surface area contributed by atoms with E-state index in [1.54, 1.807) is 6.07 Å². The number of amides is 1. The van der Waals surface area contributed by atoms with Crippen LogP contribution in [0.15, 0.2) is 103 Å². The summed E-state index contributed by atoms with van der Waals surface area (Å²) in [7, 11) is 0. The van der Waals surface area contributed by atoms with Gasteiger partial charge in [-0.15, -0.1) is 0 Å². The van der Waals surface area contributed by atoms with Crippen LogP contribution >= 0.6 is 11.6 Å². The lowest BCUT2D eigenvalue weighted by Crippen LogP contribution is -2.50. The summed E-state index contributed by atoms with van der Waals surface area (Å²) in [5.41, 5.74) is 2.53. The second-order valence-electron chi connectivity index (χ2n) is 11.6. The first kappa shape index (κ1) is 28.7. The summed E-state index contributed by atoms with van der Waals surface area (Å²) < 4.78 is 11.4. The molecule has 3 heterocycles. The predicted molar refractivity (Wildman–Crippen MR) is 170 cm³/mol. The summed E-state index contributed by atoms with van der Waals surface area (Å²) in [5.74, 6) is -0.774. The van der Waals surface area contributed by atoms with Gasteiger partial charge in [0.15, 0.2) is 5.78 Å². The quantitative estimate of drug-likeness (QED) is 0.246. The van der Waals surface area contributed by atoms with E-state index in [2.05, 4.69) is 15.5 Å². The molecule has 8 heteroatoms. The van der Waals surface area contributed by atoms with Crippen LogP contribution in [0.4, 0.5) is 5.69 Å². The van der Waals surface area contributed by atoms with Gasteiger partial charge in [-0.3, -0.25) is 19.8 Å². The minimum Gasteiger partial charge on any atom is -0.492 e.